The molecule has 0 bridgehead atoms. The van der Waals surface area contributed by atoms with E-state index < -0.39 is 5.41 Å². The van der Waals surface area contributed by atoms with Gasteiger partial charge >= 0.3 is 0 Å². The molecule has 2 fully saturated rings. The van der Waals surface area contributed by atoms with Crippen LogP contribution in [0.25, 0.3) is 0 Å². The third-order valence-corrected chi connectivity index (χ3v) is 7.28. The van der Waals surface area contributed by atoms with E-state index in [0.29, 0.717) is 43.4 Å². The number of aromatic nitrogens is 1. The first kappa shape index (κ1) is 24.9. The zero-order valence-corrected chi connectivity index (χ0v) is 20.8. The molecular formula is C27H34N4O4. The number of benzene rings is 1. The maximum atomic E-state index is 13.8. The Balaban J connectivity index is 1.55. The smallest absolute Gasteiger partial charge is 0.240 e. The van der Waals surface area contributed by atoms with E-state index in [1.165, 1.54) is 10.5 Å². The summed E-state index contributed by atoms with van der Waals surface area (Å²) in [6.45, 7) is 2.14. The summed E-state index contributed by atoms with van der Waals surface area (Å²) < 4.78 is 5.39. The molecule has 2 aliphatic heterocycles. The standard InChI is InChI=1S/C27H34N4O4/c1-29(2)15-16-31-25(33)19-27(26(31)34,22-5-4-6-23(17-22)35-3)18-24(32)30-13-9-21(10-14-30)20-7-11-28-12-8-20/h4-8,11-12,17,21H,9-10,13-16,18-19H2,1-3H3/t27-/m0/s1. The molecule has 186 valence electrons. The van der Waals surface area contributed by atoms with Crippen molar-refractivity contribution in [3.63, 3.8) is 0 Å². The lowest BCUT2D eigenvalue weighted by atomic mass is 9.75. The molecule has 1 aromatic heterocycles. The Bertz CT molecular complexity index is 1070. The Kier molecular flexibility index (Phi) is 7.50. The van der Waals surface area contributed by atoms with Crippen molar-refractivity contribution in [2.75, 3.05) is 47.4 Å². The van der Waals surface area contributed by atoms with Crippen LogP contribution in [-0.2, 0) is 19.8 Å². The molecule has 3 amide bonds. The summed E-state index contributed by atoms with van der Waals surface area (Å²) in [5, 5.41) is 0. The number of carbonyl (C=O) groups excluding carboxylic acids is 3. The lowest BCUT2D eigenvalue weighted by Crippen LogP contribution is -2.46. The molecule has 8 nitrogen and oxygen atoms in total. The maximum absolute atomic E-state index is 13.8. The van der Waals surface area contributed by atoms with Gasteiger partial charge in [-0.05, 0) is 68.2 Å². The van der Waals surface area contributed by atoms with Crippen LogP contribution in [0.4, 0.5) is 0 Å². The van der Waals surface area contributed by atoms with Crippen molar-refractivity contribution in [1.29, 1.82) is 0 Å². The highest BCUT2D eigenvalue weighted by Gasteiger charge is 2.54. The summed E-state index contributed by atoms with van der Waals surface area (Å²) in [6, 6.07) is 11.3. The highest BCUT2D eigenvalue weighted by molar-refractivity contribution is 6.10. The van der Waals surface area contributed by atoms with Crippen molar-refractivity contribution in [2.24, 2.45) is 0 Å². The van der Waals surface area contributed by atoms with Crippen LogP contribution in [0, 0.1) is 0 Å². The number of imide groups is 1. The summed E-state index contributed by atoms with van der Waals surface area (Å²) >= 11 is 0. The van der Waals surface area contributed by atoms with Gasteiger partial charge in [-0.2, -0.15) is 0 Å². The first-order chi connectivity index (χ1) is 16.8. The first-order valence-electron chi connectivity index (χ1n) is 12.2. The zero-order chi connectivity index (χ0) is 25.0. The number of likely N-dealkylation sites (tertiary alicyclic amines) is 2. The number of nitrogens with zero attached hydrogens (tertiary/aromatic N) is 4. The van der Waals surface area contributed by atoms with Gasteiger partial charge in [0.1, 0.15) is 5.75 Å². The number of ether oxygens (including phenoxy) is 1. The van der Waals surface area contributed by atoms with Crippen molar-refractivity contribution in [3.8, 4) is 5.75 Å². The number of hydrogen-bond donors (Lipinski definition) is 0. The minimum absolute atomic E-state index is 0.00828. The second-order valence-corrected chi connectivity index (χ2v) is 9.76. The van der Waals surface area contributed by atoms with Gasteiger partial charge in [-0.3, -0.25) is 24.3 Å². The number of piperidine rings is 1. The molecule has 2 saturated heterocycles. The summed E-state index contributed by atoms with van der Waals surface area (Å²) in [6.07, 6.45) is 5.30. The zero-order valence-electron chi connectivity index (χ0n) is 20.8. The highest BCUT2D eigenvalue weighted by Crippen LogP contribution is 2.42. The maximum Gasteiger partial charge on any atom is 0.240 e. The van der Waals surface area contributed by atoms with Crippen LogP contribution in [0.2, 0.25) is 0 Å². The van der Waals surface area contributed by atoms with E-state index in [2.05, 4.69) is 4.98 Å². The summed E-state index contributed by atoms with van der Waals surface area (Å²) in [5.74, 6) is 0.378. The minimum Gasteiger partial charge on any atom is -0.497 e. The molecule has 4 rings (SSSR count). The molecular weight excluding hydrogens is 444 g/mol. The topological polar surface area (TPSA) is 83.1 Å². The number of methoxy groups -OCH3 is 1. The van der Waals surface area contributed by atoms with Gasteiger partial charge in [0.15, 0.2) is 0 Å². The molecule has 0 saturated carbocycles. The Morgan fingerprint density at radius 1 is 1.14 bits per heavy atom. The van der Waals surface area contributed by atoms with Gasteiger partial charge < -0.3 is 14.5 Å². The van der Waals surface area contributed by atoms with Gasteiger partial charge in [0.2, 0.25) is 17.7 Å². The van der Waals surface area contributed by atoms with Gasteiger partial charge in [-0.1, -0.05) is 12.1 Å². The minimum atomic E-state index is -1.21. The van der Waals surface area contributed by atoms with Crippen LogP contribution >= 0.6 is 0 Å². The molecule has 0 radical (unpaired) electrons. The molecule has 35 heavy (non-hydrogen) atoms. The van der Waals surface area contributed by atoms with E-state index in [1.807, 2.05) is 42.1 Å². The highest BCUT2D eigenvalue weighted by atomic mass is 16.5. The molecule has 2 aliphatic rings. The summed E-state index contributed by atoms with van der Waals surface area (Å²) in [4.78, 5) is 49.5. The Morgan fingerprint density at radius 3 is 2.51 bits per heavy atom. The Morgan fingerprint density at radius 2 is 1.86 bits per heavy atom. The van der Waals surface area contributed by atoms with Crippen molar-refractivity contribution < 1.29 is 19.1 Å². The van der Waals surface area contributed by atoms with Crippen LogP contribution in [0.3, 0.4) is 0 Å². The molecule has 1 atom stereocenters. The summed E-state index contributed by atoms with van der Waals surface area (Å²) in [7, 11) is 5.37. The van der Waals surface area contributed by atoms with Gasteiger partial charge in [-0.25, -0.2) is 0 Å². The first-order valence-corrected chi connectivity index (χ1v) is 12.2. The third kappa shape index (κ3) is 5.22. The molecule has 0 N–H and O–H groups in total. The Hall–Kier alpha value is -3.26. The van der Waals surface area contributed by atoms with E-state index in [1.54, 1.807) is 37.7 Å². The molecule has 0 unspecified atom stereocenters. The van der Waals surface area contributed by atoms with Gasteiger partial charge in [0.05, 0.1) is 12.5 Å². The largest absolute Gasteiger partial charge is 0.497 e. The van der Waals surface area contributed by atoms with E-state index in [9.17, 15) is 14.4 Å². The number of hydrogen-bond acceptors (Lipinski definition) is 6. The number of rotatable bonds is 8. The van der Waals surface area contributed by atoms with E-state index >= 15 is 0 Å². The fourth-order valence-corrected chi connectivity index (χ4v) is 5.18. The number of likely N-dealkylation sites (N-methyl/N-ethyl adjacent to an activating group) is 1. The number of amides is 3. The predicted octanol–water partition coefficient (Wildman–Crippen LogP) is 2.44. The van der Waals surface area contributed by atoms with E-state index in [-0.39, 0.29) is 30.6 Å². The third-order valence-electron chi connectivity index (χ3n) is 7.28. The molecule has 3 heterocycles. The van der Waals surface area contributed by atoms with Crippen LogP contribution < -0.4 is 4.74 Å². The second kappa shape index (κ2) is 10.6. The van der Waals surface area contributed by atoms with Gasteiger partial charge in [0, 0.05) is 51.4 Å². The summed E-state index contributed by atoms with van der Waals surface area (Å²) in [5.41, 5.74) is 0.687. The average Bonchev–Trinajstić information content (AvgIpc) is 3.12. The van der Waals surface area contributed by atoms with Crippen LogP contribution in [0.5, 0.6) is 5.75 Å². The lowest BCUT2D eigenvalue weighted by molar-refractivity contribution is -0.143. The molecule has 2 aromatic rings. The van der Waals surface area contributed by atoms with E-state index in [0.717, 1.165) is 12.8 Å². The van der Waals surface area contributed by atoms with Crippen LogP contribution in [-0.4, -0.2) is 84.8 Å². The van der Waals surface area contributed by atoms with Crippen molar-refractivity contribution >= 4 is 17.7 Å². The Labute approximate surface area is 206 Å². The predicted molar refractivity (Wildman–Crippen MR) is 132 cm³/mol. The van der Waals surface area contributed by atoms with Gasteiger partial charge in [-0.15, -0.1) is 0 Å². The average molecular weight is 479 g/mol. The fourth-order valence-electron chi connectivity index (χ4n) is 5.18. The van der Waals surface area contributed by atoms with Crippen molar-refractivity contribution in [3.05, 3.63) is 59.9 Å². The number of carbonyl (C=O) groups is 3. The molecule has 0 spiro atoms. The van der Waals surface area contributed by atoms with Crippen LogP contribution in [0.1, 0.15) is 42.7 Å². The molecule has 1 aromatic carbocycles. The number of pyridine rings is 1. The normalized spacial score (nSPS) is 21.1. The second-order valence-electron chi connectivity index (χ2n) is 9.76. The quantitative estimate of drug-likeness (QED) is 0.542. The molecule has 0 aliphatic carbocycles. The fraction of sp³-hybridized carbons (Fsp3) is 0.481. The van der Waals surface area contributed by atoms with Crippen LogP contribution in [0.15, 0.2) is 48.8 Å². The van der Waals surface area contributed by atoms with E-state index in [4.69, 9.17) is 4.74 Å². The van der Waals surface area contributed by atoms with Gasteiger partial charge in [0.25, 0.3) is 0 Å². The monoisotopic (exact) mass is 478 g/mol. The lowest BCUT2D eigenvalue weighted by Gasteiger charge is -2.35. The van der Waals surface area contributed by atoms with Crippen molar-refractivity contribution in [2.45, 2.75) is 37.0 Å². The molecule has 8 heteroatoms. The SMILES string of the molecule is COc1cccc([C@]2(CC(=O)N3CCC(c4ccncc4)CC3)CC(=O)N(CCN(C)C)C2=O)c1. The van der Waals surface area contributed by atoms with Crippen molar-refractivity contribution in [1.82, 2.24) is 19.7 Å².